The van der Waals surface area contributed by atoms with E-state index in [1.807, 2.05) is 0 Å². The minimum absolute atomic E-state index is 0.0397. The highest BCUT2D eigenvalue weighted by Gasteiger charge is 2.58. The summed E-state index contributed by atoms with van der Waals surface area (Å²) in [5, 5.41) is 21.4. The van der Waals surface area contributed by atoms with Crippen LogP contribution in [0.1, 0.15) is 11.3 Å². The molecule has 0 spiro atoms. The van der Waals surface area contributed by atoms with Crippen LogP contribution in [0.3, 0.4) is 0 Å². The van der Waals surface area contributed by atoms with Gasteiger partial charge in [-0.1, -0.05) is 6.07 Å². The molecule has 11 heteroatoms. The molecule has 0 fully saturated rings. The first-order chi connectivity index (χ1) is 14.2. The number of aromatic nitrogens is 5. The Hall–Kier alpha value is -3.47. The maximum absolute atomic E-state index is 15.6. The van der Waals surface area contributed by atoms with Gasteiger partial charge in [-0.05, 0) is 46.8 Å². The first kappa shape index (κ1) is 19.8. The zero-order valence-corrected chi connectivity index (χ0v) is 15.0. The van der Waals surface area contributed by atoms with E-state index < -0.39 is 46.8 Å². The number of hydrogen-bond donors (Lipinski definition) is 1. The Morgan fingerprint density at radius 3 is 2.37 bits per heavy atom. The second-order valence-corrected chi connectivity index (χ2v) is 6.60. The summed E-state index contributed by atoms with van der Waals surface area (Å²) in [6.45, 7) is -0.960. The standard InChI is InChI=1S/C19H12F5N5O/c20-12-3-5-16-11(7-12)1-6-17(26-16)19(23,24)18(30,9-29-10-25-27-28-29)14-4-2-13(21)8-15(14)22/h1-8,10,30H,9H2. The number of fused-ring (bicyclic) bond motifs is 1. The lowest BCUT2D eigenvalue weighted by molar-refractivity contribution is -0.207. The van der Waals surface area contributed by atoms with Crippen LogP contribution in [0.5, 0.6) is 0 Å². The third-order valence-corrected chi connectivity index (χ3v) is 4.65. The number of hydrogen-bond acceptors (Lipinski definition) is 5. The van der Waals surface area contributed by atoms with Crippen LogP contribution in [0.25, 0.3) is 10.9 Å². The molecule has 4 aromatic rings. The molecule has 2 heterocycles. The molecule has 2 aromatic heterocycles. The van der Waals surface area contributed by atoms with Crippen LogP contribution in [0.4, 0.5) is 22.0 Å². The number of benzene rings is 2. The van der Waals surface area contributed by atoms with E-state index in [2.05, 4.69) is 20.5 Å². The summed E-state index contributed by atoms with van der Waals surface area (Å²) in [6, 6.07) is 7.30. The van der Waals surface area contributed by atoms with Crippen molar-refractivity contribution in [2.24, 2.45) is 0 Å². The minimum Gasteiger partial charge on any atom is -0.377 e. The van der Waals surface area contributed by atoms with E-state index in [0.717, 1.165) is 41.3 Å². The normalized spacial score (nSPS) is 14.1. The molecular formula is C19H12F5N5O. The van der Waals surface area contributed by atoms with Crippen molar-refractivity contribution in [2.45, 2.75) is 18.1 Å². The number of rotatable bonds is 5. The van der Waals surface area contributed by atoms with Crippen LogP contribution in [0, 0.1) is 17.5 Å². The number of tetrazole rings is 1. The Kier molecular flexibility index (Phi) is 4.69. The van der Waals surface area contributed by atoms with Gasteiger partial charge < -0.3 is 5.11 Å². The lowest BCUT2D eigenvalue weighted by atomic mass is 9.84. The highest BCUT2D eigenvalue weighted by molar-refractivity contribution is 5.78. The maximum Gasteiger partial charge on any atom is 0.323 e. The Bertz CT molecular complexity index is 1220. The van der Waals surface area contributed by atoms with Crippen molar-refractivity contribution >= 4 is 10.9 Å². The molecule has 2 aromatic carbocycles. The lowest BCUT2D eigenvalue weighted by Crippen LogP contribution is -2.48. The van der Waals surface area contributed by atoms with Gasteiger partial charge in [0.2, 0.25) is 0 Å². The summed E-state index contributed by atoms with van der Waals surface area (Å²) in [5.74, 6) is -7.14. The van der Waals surface area contributed by atoms with Crippen molar-refractivity contribution in [3.8, 4) is 0 Å². The predicted octanol–water partition coefficient (Wildman–Crippen LogP) is 3.32. The van der Waals surface area contributed by atoms with Gasteiger partial charge >= 0.3 is 5.92 Å². The summed E-state index contributed by atoms with van der Waals surface area (Å²) < 4.78 is 73.2. The van der Waals surface area contributed by atoms with Gasteiger partial charge in [-0.2, -0.15) is 8.78 Å². The Balaban J connectivity index is 1.89. The van der Waals surface area contributed by atoms with Crippen molar-refractivity contribution in [1.82, 2.24) is 25.2 Å². The lowest BCUT2D eigenvalue weighted by Gasteiger charge is -2.35. The summed E-state index contributed by atoms with van der Waals surface area (Å²) >= 11 is 0. The largest absolute Gasteiger partial charge is 0.377 e. The van der Waals surface area contributed by atoms with E-state index in [4.69, 9.17) is 0 Å². The molecule has 0 radical (unpaired) electrons. The second-order valence-electron chi connectivity index (χ2n) is 6.60. The van der Waals surface area contributed by atoms with Crippen LogP contribution in [0.2, 0.25) is 0 Å². The van der Waals surface area contributed by atoms with Crippen molar-refractivity contribution in [2.75, 3.05) is 0 Å². The molecular weight excluding hydrogens is 409 g/mol. The predicted molar refractivity (Wildman–Crippen MR) is 93.7 cm³/mol. The van der Waals surface area contributed by atoms with Crippen molar-refractivity contribution < 1.29 is 27.1 Å². The SMILES string of the molecule is OC(Cn1cnnn1)(c1ccc(F)cc1F)C(F)(F)c1ccc2cc(F)ccc2n1. The highest BCUT2D eigenvalue weighted by atomic mass is 19.3. The smallest absolute Gasteiger partial charge is 0.323 e. The highest BCUT2D eigenvalue weighted by Crippen LogP contribution is 2.47. The molecule has 0 aliphatic heterocycles. The number of alkyl halides is 2. The molecule has 6 nitrogen and oxygen atoms in total. The number of nitrogens with zero attached hydrogens (tertiary/aromatic N) is 5. The molecule has 0 bridgehead atoms. The van der Waals surface area contributed by atoms with E-state index in [1.165, 1.54) is 12.1 Å². The third-order valence-electron chi connectivity index (χ3n) is 4.65. The van der Waals surface area contributed by atoms with E-state index >= 15 is 8.78 Å². The van der Waals surface area contributed by atoms with Crippen molar-refractivity contribution in [1.29, 1.82) is 0 Å². The van der Waals surface area contributed by atoms with E-state index in [1.54, 1.807) is 0 Å². The Labute approximate surface area is 165 Å². The zero-order valence-electron chi connectivity index (χ0n) is 15.0. The summed E-state index contributed by atoms with van der Waals surface area (Å²) in [5.41, 5.74) is -4.97. The van der Waals surface area contributed by atoms with Gasteiger partial charge in [-0.25, -0.2) is 22.8 Å². The Morgan fingerprint density at radius 1 is 0.933 bits per heavy atom. The molecule has 1 N–H and O–H groups in total. The van der Waals surface area contributed by atoms with Gasteiger partial charge in [0.15, 0.2) is 5.60 Å². The number of aliphatic hydroxyl groups is 1. The zero-order chi connectivity index (χ0) is 21.5. The average molecular weight is 421 g/mol. The summed E-state index contributed by atoms with van der Waals surface area (Å²) in [4.78, 5) is 3.82. The fourth-order valence-electron chi connectivity index (χ4n) is 3.15. The average Bonchev–Trinajstić information content (AvgIpc) is 3.20. The molecule has 1 unspecified atom stereocenters. The van der Waals surface area contributed by atoms with E-state index in [9.17, 15) is 18.3 Å². The van der Waals surface area contributed by atoms with Crippen molar-refractivity contribution in [3.05, 3.63) is 83.6 Å². The second kappa shape index (κ2) is 7.10. The summed E-state index contributed by atoms with van der Waals surface area (Å²) in [7, 11) is 0. The van der Waals surface area contributed by atoms with Crippen LogP contribution in [-0.4, -0.2) is 30.3 Å². The monoisotopic (exact) mass is 421 g/mol. The number of pyridine rings is 1. The van der Waals surface area contributed by atoms with Gasteiger partial charge in [0.05, 0.1) is 12.1 Å². The molecule has 4 rings (SSSR count). The van der Waals surface area contributed by atoms with Crippen LogP contribution < -0.4 is 0 Å². The number of halogens is 5. The molecule has 0 aliphatic rings. The molecule has 0 saturated heterocycles. The van der Waals surface area contributed by atoms with Gasteiger partial charge in [0, 0.05) is 17.0 Å². The molecule has 0 amide bonds. The molecule has 0 aliphatic carbocycles. The topological polar surface area (TPSA) is 76.7 Å². The van der Waals surface area contributed by atoms with E-state index in [-0.39, 0.29) is 10.9 Å². The van der Waals surface area contributed by atoms with E-state index in [0.29, 0.717) is 6.07 Å². The molecule has 0 saturated carbocycles. The first-order valence-electron chi connectivity index (χ1n) is 8.54. The molecule has 1 atom stereocenters. The maximum atomic E-state index is 15.6. The fourth-order valence-corrected chi connectivity index (χ4v) is 3.15. The Morgan fingerprint density at radius 2 is 1.67 bits per heavy atom. The fraction of sp³-hybridized carbons (Fsp3) is 0.158. The molecule has 30 heavy (non-hydrogen) atoms. The van der Waals surface area contributed by atoms with Crippen LogP contribution in [-0.2, 0) is 18.1 Å². The third kappa shape index (κ3) is 3.26. The minimum atomic E-state index is -4.18. The summed E-state index contributed by atoms with van der Waals surface area (Å²) in [6.07, 6.45) is 0.957. The quantitative estimate of drug-likeness (QED) is 0.501. The van der Waals surface area contributed by atoms with Gasteiger partial charge in [-0.3, -0.25) is 0 Å². The first-order valence-corrected chi connectivity index (χ1v) is 8.54. The van der Waals surface area contributed by atoms with Crippen LogP contribution in [0.15, 0.2) is 54.9 Å². The molecule has 154 valence electrons. The van der Waals surface area contributed by atoms with Gasteiger partial charge in [0.1, 0.15) is 29.5 Å². The van der Waals surface area contributed by atoms with Gasteiger partial charge in [-0.15, -0.1) is 5.10 Å². The van der Waals surface area contributed by atoms with Gasteiger partial charge in [0.25, 0.3) is 0 Å². The van der Waals surface area contributed by atoms with Crippen LogP contribution >= 0.6 is 0 Å². The van der Waals surface area contributed by atoms with Crippen molar-refractivity contribution in [3.63, 3.8) is 0 Å².